The highest BCUT2D eigenvalue weighted by molar-refractivity contribution is 5.82. The molecule has 0 saturated carbocycles. The maximum absolute atomic E-state index is 11.7. The molecule has 1 heterocycles. The van der Waals surface area contributed by atoms with Crippen LogP contribution < -0.4 is 0 Å². The van der Waals surface area contributed by atoms with E-state index in [-0.39, 0.29) is 11.7 Å². The van der Waals surface area contributed by atoms with Gasteiger partial charge in [0.05, 0.1) is 11.6 Å². The lowest BCUT2D eigenvalue weighted by molar-refractivity contribution is -0.118. The van der Waals surface area contributed by atoms with E-state index >= 15 is 0 Å². The summed E-state index contributed by atoms with van der Waals surface area (Å²) in [5.74, 6) is 0.123. The average molecular weight is 307 g/mol. The smallest absolute Gasteiger partial charge is 0.138 e. The van der Waals surface area contributed by atoms with Crippen LogP contribution in [0.5, 0.6) is 0 Å². The second-order valence-corrected chi connectivity index (χ2v) is 6.39. The van der Waals surface area contributed by atoms with Gasteiger partial charge in [0.2, 0.25) is 0 Å². The van der Waals surface area contributed by atoms with Crippen molar-refractivity contribution in [3.8, 4) is 0 Å². The SMILES string of the molecule is CCCCCCCCCCCCCC(C(C)=O)c1c[nH]nn1. The normalized spacial score (nSPS) is 12.5. The number of hydrogen-bond acceptors (Lipinski definition) is 3. The number of aromatic amines is 1. The van der Waals surface area contributed by atoms with Gasteiger partial charge in [-0.05, 0) is 13.3 Å². The van der Waals surface area contributed by atoms with E-state index in [1.807, 2.05) is 0 Å². The summed E-state index contributed by atoms with van der Waals surface area (Å²) < 4.78 is 0. The lowest BCUT2D eigenvalue weighted by Gasteiger charge is -2.10. The molecule has 1 aromatic rings. The molecular weight excluding hydrogens is 274 g/mol. The molecule has 4 nitrogen and oxygen atoms in total. The molecule has 22 heavy (non-hydrogen) atoms. The lowest BCUT2D eigenvalue weighted by Crippen LogP contribution is -2.09. The van der Waals surface area contributed by atoms with Crippen molar-refractivity contribution < 1.29 is 4.79 Å². The van der Waals surface area contributed by atoms with E-state index in [1.165, 1.54) is 64.2 Å². The second kappa shape index (κ2) is 12.4. The number of rotatable bonds is 14. The van der Waals surface area contributed by atoms with Crippen LogP contribution >= 0.6 is 0 Å². The molecule has 0 bridgehead atoms. The minimum absolute atomic E-state index is 0.0719. The van der Waals surface area contributed by atoms with Gasteiger partial charge in [0.25, 0.3) is 0 Å². The Bertz CT molecular complexity index is 376. The summed E-state index contributed by atoms with van der Waals surface area (Å²) in [6.45, 7) is 3.91. The summed E-state index contributed by atoms with van der Waals surface area (Å²) in [5.41, 5.74) is 0.791. The van der Waals surface area contributed by atoms with Crippen LogP contribution in [-0.2, 0) is 4.79 Å². The van der Waals surface area contributed by atoms with Crippen LogP contribution in [0.2, 0.25) is 0 Å². The van der Waals surface area contributed by atoms with Crippen LogP contribution in [0.15, 0.2) is 6.20 Å². The van der Waals surface area contributed by atoms with Gasteiger partial charge in [-0.3, -0.25) is 9.89 Å². The van der Waals surface area contributed by atoms with Crippen molar-refractivity contribution in [2.75, 3.05) is 0 Å². The topological polar surface area (TPSA) is 58.6 Å². The molecule has 0 radical (unpaired) electrons. The Hall–Kier alpha value is -1.19. The number of hydrogen-bond donors (Lipinski definition) is 1. The fourth-order valence-electron chi connectivity index (χ4n) is 2.95. The molecule has 0 aliphatic heterocycles. The fourth-order valence-corrected chi connectivity index (χ4v) is 2.95. The van der Waals surface area contributed by atoms with Gasteiger partial charge in [0, 0.05) is 6.20 Å². The van der Waals surface area contributed by atoms with Crippen molar-refractivity contribution in [1.29, 1.82) is 0 Å². The third kappa shape index (κ3) is 8.30. The van der Waals surface area contributed by atoms with Crippen molar-refractivity contribution >= 4 is 5.78 Å². The maximum atomic E-state index is 11.7. The first-order chi connectivity index (χ1) is 10.8. The van der Waals surface area contributed by atoms with E-state index in [9.17, 15) is 4.79 Å². The summed E-state index contributed by atoms with van der Waals surface area (Å²) in [7, 11) is 0. The zero-order valence-corrected chi connectivity index (χ0v) is 14.4. The molecule has 0 aliphatic rings. The summed E-state index contributed by atoms with van der Waals surface area (Å²) in [6.07, 6.45) is 17.3. The Morgan fingerprint density at radius 1 is 1.00 bits per heavy atom. The molecule has 1 aromatic heterocycles. The number of Topliss-reactive ketones (excluding diaryl/α,β-unsaturated/α-hetero) is 1. The van der Waals surface area contributed by atoms with E-state index in [0.29, 0.717) is 0 Å². The molecular formula is C18H33N3O. The van der Waals surface area contributed by atoms with Crippen molar-refractivity contribution in [3.05, 3.63) is 11.9 Å². The molecule has 1 rings (SSSR count). The summed E-state index contributed by atoms with van der Waals surface area (Å²) in [4.78, 5) is 11.7. The predicted octanol–water partition coefficient (Wildman–Crippen LogP) is 5.18. The molecule has 1 unspecified atom stereocenters. The Labute approximate surface area is 135 Å². The van der Waals surface area contributed by atoms with E-state index in [4.69, 9.17) is 0 Å². The lowest BCUT2D eigenvalue weighted by atomic mass is 9.94. The van der Waals surface area contributed by atoms with Crippen LogP contribution in [0.4, 0.5) is 0 Å². The number of carbonyl (C=O) groups is 1. The van der Waals surface area contributed by atoms with Crippen LogP contribution in [0.3, 0.4) is 0 Å². The van der Waals surface area contributed by atoms with Gasteiger partial charge in [-0.1, -0.05) is 82.8 Å². The van der Waals surface area contributed by atoms with Crippen molar-refractivity contribution in [2.24, 2.45) is 0 Å². The van der Waals surface area contributed by atoms with Gasteiger partial charge in [-0.15, -0.1) is 5.10 Å². The van der Waals surface area contributed by atoms with Crippen molar-refractivity contribution in [1.82, 2.24) is 15.4 Å². The number of unbranched alkanes of at least 4 members (excludes halogenated alkanes) is 10. The predicted molar refractivity (Wildman–Crippen MR) is 90.9 cm³/mol. The highest BCUT2D eigenvalue weighted by Gasteiger charge is 2.18. The Balaban J connectivity index is 1.97. The summed E-state index contributed by atoms with van der Waals surface area (Å²) in [6, 6.07) is 0. The third-order valence-electron chi connectivity index (χ3n) is 4.38. The minimum Gasteiger partial charge on any atom is -0.299 e. The standard InChI is InChI=1S/C18H33N3O/c1-3-4-5-6-7-8-9-10-11-12-13-14-17(16(2)22)18-15-19-21-20-18/h15,17H,3-14H2,1-2H3,(H,19,20,21). The first kappa shape index (κ1) is 18.9. The Morgan fingerprint density at radius 2 is 1.55 bits per heavy atom. The van der Waals surface area contributed by atoms with Gasteiger partial charge in [0.1, 0.15) is 5.78 Å². The molecule has 0 spiro atoms. The highest BCUT2D eigenvalue weighted by atomic mass is 16.1. The molecule has 0 aromatic carbocycles. The van der Waals surface area contributed by atoms with Crippen molar-refractivity contribution in [3.63, 3.8) is 0 Å². The molecule has 4 heteroatoms. The van der Waals surface area contributed by atoms with E-state index in [0.717, 1.165) is 18.5 Å². The zero-order valence-electron chi connectivity index (χ0n) is 14.4. The van der Waals surface area contributed by atoms with Gasteiger partial charge < -0.3 is 0 Å². The second-order valence-electron chi connectivity index (χ2n) is 6.39. The van der Waals surface area contributed by atoms with Crippen LogP contribution in [-0.4, -0.2) is 21.2 Å². The minimum atomic E-state index is -0.0719. The molecule has 1 atom stereocenters. The van der Waals surface area contributed by atoms with Gasteiger partial charge in [-0.25, -0.2) is 0 Å². The average Bonchev–Trinajstić information content (AvgIpc) is 3.02. The molecule has 0 saturated heterocycles. The van der Waals surface area contributed by atoms with Crippen LogP contribution in [0.1, 0.15) is 103 Å². The number of nitrogens with zero attached hydrogens (tertiary/aromatic N) is 2. The highest BCUT2D eigenvalue weighted by Crippen LogP contribution is 2.21. The number of aromatic nitrogens is 3. The number of ketones is 1. The first-order valence-electron chi connectivity index (χ1n) is 9.12. The van der Waals surface area contributed by atoms with Crippen molar-refractivity contribution in [2.45, 2.75) is 96.8 Å². The largest absolute Gasteiger partial charge is 0.299 e. The van der Waals surface area contributed by atoms with Crippen LogP contribution in [0.25, 0.3) is 0 Å². The maximum Gasteiger partial charge on any atom is 0.138 e. The van der Waals surface area contributed by atoms with E-state index < -0.39 is 0 Å². The van der Waals surface area contributed by atoms with Crippen LogP contribution in [0, 0.1) is 0 Å². The monoisotopic (exact) mass is 307 g/mol. The van der Waals surface area contributed by atoms with E-state index in [1.54, 1.807) is 13.1 Å². The van der Waals surface area contributed by atoms with E-state index in [2.05, 4.69) is 22.3 Å². The third-order valence-corrected chi connectivity index (χ3v) is 4.38. The molecule has 0 fully saturated rings. The Morgan fingerprint density at radius 3 is 2.00 bits per heavy atom. The van der Waals surface area contributed by atoms with Gasteiger partial charge in [0.15, 0.2) is 0 Å². The number of nitrogens with one attached hydrogen (secondary N) is 1. The number of carbonyl (C=O) groups excluding carboxylic acids is 1. The first-order valence-corrected chi connectivity index (χ1v) is 9.12. The summed E-state index contributed by atoms with van der Waals surface area (Å²) >= 11 is 0. The quantitative estimate of drug-likeness (QED) is 0.482. The Kier molecular flexibility index (Phi) is 10.6. The number of H-pyrrole nitrogens is 1. The summed E-state index contributed by atoms with van der Waals surface area (Å²) in [5, 5.41) is 10.4. The van der Waals surface area contributed by atoms with Gasteiger partial charge >= 0.3 is 0 Å². The molecule has 126 valence electrons. The van der Waals surface area contributed by atoms with Gasteiger partial charge in [-0.2, -0.15) is 0 Å². The molecule has 0 aliphatic carbocycles. The molecule has 0 amide bonds. The zero-order chi connectivity index (χ0) is 16.0. The fraction of sp³-hybridized carbons (Fsp3) is 0.833. The molecule has 1 N–H and O–H groups in total.